The molecule has 0 saturated carbocycles. The van der Waals surface area contributed by atoms with Gasteiger partial charge in [0.1, 0.15) is 22.2 Å². The van der Waals surface area contributed by atoms with Gasteiger partial charge in [-0.3, -0.25) is 9.48 Å². The first-order valence-electron chi connectivity index (χ1n) is 10.2. The highest BCUT2D eigenvalue weighted by molar-refractivity contribution is 7.92. The first-order valence-corrected chi connectivity index (χ1v) is 11.9. The summed E-state index contributed by atoms with van der Waals surface area (Å²) in [6.45, 7) is 0.172. The third kappa shape index (κ3) is 5.40. The van der Waals surface area contributed by atoms with Crippen LogP contribution in [0.4, 0.5) is 18.9 Å². The average molecular weight is 504 g/mol. The zero-order chi connectivity index (χ0) is 25.2. The molecule has 0 fully saturated rings. The molecule has 4 aromatic rings. The molecule has 0 aliphatic heterocycles. The van der Waals surface area contributed by atoms with Gasteiger partial charge in [-0.1, -0.05) is 12.1 Å². The van der Waals surface area contributed by atoms with Crippen LogP contribution in [0.1, 0.15) is 16.2 Å². The normalized spacial score (nSPS) is 13.4. The molecule has 182 valence electrons. The number of alkyl halides is 3. The summed E-state index contributed by atoms with van der Waals surface area (Å²) in [6.07, 6.45) is -1.57. The van der Waals surface area contributed by atoms with E-state index < -0.39 is 33.2 Å². The van der Waals surface area contributed by atoms with Crippen molar-refractivity contribution in [3.05, 3.63) is 72.3 Å². The minimum absolute atomic E-state index is 0.0139. The van der Waals surface area contributed by atoms with Gasteiger partial charge in [-0.2, -0.15) is 18.3 Å². The Kier molecular flexibility index (Phi) is 6.43. The molecule has 1 aromatic carbocycles. The predicted molar refractivity (Wildman–Crippen MR) is 122 cm³/mol. The summed E-state index contributed by atoms with van der Waals surface area (Å²) < 4.78 is 66.4. The molecule has 9 nitrogen and oxygen atoms in total. The number of hydrogen-bond donors (Lipinski definition) is 2. The molecule has 3 heterocycles. The van der Waals surface area contributed by atoms with E-state index in [1.165, 1.54) is 30.1 Å². The van der Waals surface area contributed by atoms with Crippen molar-refractivity contribution in [2.45, 2.75) is 17.7 Å². The number of aryl methyl sites for hydroxylation is 1. The summed E-state index contributed by atoms with van der Waals surface area (Å²) >= 11 is 0. The van der Waals surface area contributed by atoms with Crippen LogP contribution in [0.5, 0.6) is 5.75 Å². The highest BCUT2D eigenvalue weighted by Crippen LogP contribution is 2.31. The fourth-order valence-electron chi connectivity index (χ4n) is 3.26. The van der Waals surface area contributed by atoms with Crippen LogP contribution in [-0.4, -0.2) is 42.7 Å². The van der Waals surface area contributed by atoms with Crippen molar-refractivity contribution in [1.29, 1.82) is 4.78 Å². The van der Waals surface area contributed by atoms with Crippen molar-refractivity contribution >= 4 is 32.2 Å². The number of benzene rings is 1. The Balaban J connectivity index is 1.56. The number of aromatic nitrogens is 4. The zero-order valence-corrected chi connectivity index (χ0v) is 19.1. The number of hydrogen-bond acceptors (Lipinski definition) is 7. The largest absolute Gasteiger partial charge is 0.494 e. The van der Waals surface area contributed by atoms with Gasteiger partial charge in [-0.25, -0.2) is 19.0 Å². The highest BCUT2D eigenvalue weighted by Gasteiger charge is 2.33. The predicted octanol–water partition coefficient (Wildman–Crippen LogP) is 4.21. The minimum Gasteiger partial charge on any atom is -0.494 e. The van der Waals surface area contributed by atoms with E-state index in [0.717, 1.165) is 12.1 Å². The van der Waals surface area contributed by atoms with Crippen LogP contribution in [0.25, 0.3) is 10.9 Å². The standard InChI is InChI=1S/C22H19F3N6O3S/c1-34-18-12-16-14(13-31(30-16)9-10-35(26,33)20-7-2-3-8-27-20)11-17(18)29-21(32)15-5-4-6-19(28-15)22(23,24)25/h2-8,11-13,26H,9-10H2,1H3,(H,29,32). The van der Waals surface area contributed by atoms with Crippen molar-refractivity contribution in [3.8, 4) is 5.75 Å². The van der Waals surface area contributed by atoms with Crippen molar-refractivity contribution in [1.82, 2.24) is 19.7 Å². The number of ether oxygens (including phenoxy) is 1. The first kappa shape index (κ1) is 24.1. The molecule has 0 aliphatic rings. The molecule has 0 spiro atoms. The Labute approximate surface area is 197 Å². The molecule has 2 N–H and O–H groups in total. The number of nitrogens with zero attached hydrogens (tertiary/aromatic N) is 4. The van der Waals surface area contributed by atoms with E-state index in [9.17, 15) is 22.2 Å². The number of amides is 1. The van der Waals surface area contributed by atoms with Gasteiger partial charge in [0.15, 0.2) is 0 Å². The second-order valence-electron chi connectivity index (χ2n) is 7.41. The van der Waals surface area contributed by atoms with E-state index in [-0.39, 0.29) is 28.8 Å². The van der Waals surface area contributed by atoms with Crippen LogP contribution >= 0.6 is 0 Å². The van der Waals surface area contributed by atoms with E-state index in [1.807, 2.05) is 0 Å². The van der Waals surface area contributed by atoms with E-state index in [2.05, 4.69) is 20.4 Å². The fourth-order valence-corrected chi connectivity index (χ4v) is 4.44. The van der Waals surface area contributed by atoms with Crippen molar-refractivity contribution in [2.24, 2.45) is 0 Å². The van der Waals surface area contributed by atoms with Crippen LogP contribution < -0.4 is 10.1 Å². The van der Waals surface area contributed by atoms with E-state index >= 15 is 0 Å². The van der Waals surface area contributed by atoms with Crippen molar-refractivity contribution in [2.75, 3.05) is 18.2 Å². The molecule has 35 heavy (non-hydrogen) atoms. The van der Waals surface area contributed by atoms with Gasteiger partial charge in [0.25, 0.3) is 5.91 Å². The molecular formula is C22H19F3N6O3S. The lowest BCUT2D eigenvalue weighted by atomic mass is 10.2. The second-order valence-corrected chi connectivity index (χ2v) is 9.59. The first-order chi connectivity index (χ1) is 16.6. The number of methoxy groups -OCH3 is 1. The molecule has 13 heteroatoms. The minimum atomic E-state index is -4.68. The van der Waals surface area contributed by atoms with Gasteiger partial charge in [-0.15, -0.1) is 0 Å². The van der Waals surface area contributed by atoms with Crippen LogP contribution in [0.3, 0.4) is 0 Å². The Hall–Kier alpha value is -4.00. The molecule has 3 aromatic heterocycles. The molecule has 1 atom stereocenters. The van der Waals surface area contributed by atoms with E-state index in [0.29, 0.717) is 10.9 Å². The van der Waals surface area contributed by atoms with Crippen molar-refractivity contribution < 1.29 is 26.9 Å². The van der Waals surface area contributed by atoms with Gasteiger partial charge in [0, 0.05) is 23.8 Å². The number of anilines is 1. The van der Waals surface area contributed by atoms with Crippen LogP contribution in [0.2, 0.25) is 0 Å². The Morgan fingerprint density at radius 1 is 1.20 bits per heavy atom. The number of rotatable bonds is 7. The number of fused-ring (bicyclic) bond motifs is 1. The number of carbonyl (C=O) groups excluding carboxylic acids is 1. The lowest BCUT2D eigenvalue weighted by Crippen LogP contribution is -2.17. The van der Waals surface area contributed by atoms with Crippen LogP contribution in [-0.2, 0) is 22.5 Å². The summed E-state index contributed by atoms with van der Waals surface area (Å²) in [5, 5.41) is 7.69. The maximum absolute atomic E-state index is 12.9. The lowest BCUT2D eigenvalue weighted by molar-refractivity contribution is -0.141. The topological polar surface area (TPSA) is 123 Å². The third-order valence-electron chi connectivity index (χ3n) is 4.98. The third-order valence-corrected chi connectivity index (χ3v) is 6.65. The van der Waals surface area contributed by atoms with Gasteiger partial charge >= 0.3 is 6.18 Å². The molecule has 0 radical (unpaired) electrons. The highest BCUT2D eigenvalue weighted by atomic mass is 32.2. The average Bonchev–Trinajstić information content (AvgIpc) is 3.24. The summed E-state index contributed by atoms with van der Waals surface area (Å²) in [4.78, 5) is 20.0. The smallest absolute Gasteiger partial charge is 0.433 e. The van der Waals surface area contributed by atoms with E-state index in [1.54, 1.807) is 30.5 Å². The van der Waals surface area contributed by atoms with Gasteiger partial charge in [0.05, 0.1) is 40.3 Å². The monoisotopic (exact) mass is 504 g/mol. The lowest BCUT2D eigenvalue weighted by Gasteiger charge is -2.11. The summed E-state index contributed by atoms with van der Waals surface area (Å²) in [5.41, 5.74) is -0.865. The molecule has 0 aliphatic carbocycles. The van der Waals surface area contributed by atoms with E-state index in [4.69, 9.17) is 9.52 Å². The number of carbonyl (C=O) groups is 1. The summed E-state index contributed by atoms with van der Waals surface area (Å²) in [7, 11) is -1.74. The SMILES string of the molecule is COc1cc2nn(CCS(=N)(=O)c3ccccn3)cc2cc1NC(=O)c1cccc(C(F)(F)F)n1. The molecule has 0 saturated heterocycles. The quantitative estimate of drug-likeness (QED) is 0.389. The molecule has 1 unspecified atom stereocenters. The van der Waals surface area contributed by atoms with Crippen LogP contribution in [0.15, 0.2) is 66.0 Å². The Morgan fingerprint density at radius 2 is 2.00 bits per heavy atom. The van der Waals surface area contributed by atoms with Crippen molar-refractivity contribution in [3.63, 3.8) is 0 Å². The zero-order valence-electron chi connectivity index (χ0n) is 18.2. The van der Waals surface area contributed by atoms with Gasteiger partial charge in [0.2, 0.25) is 0 Å². The number of pyridine rings is 2. The molecular weight excluding hydrogens is 485 g/mol. The van der Waals surface area contributed by atoms with Crippen LogP contribution in [0, 0.1) is 4.78 Å². The summed E-state index contributed by atoms with van der Waals surface area (Å²) in [5.74, 6) is -0.619. The number of halogens is 3. The summed E-state index contributed by atoms with van der Waals surface area (Å²) in [6, 6.07) is 11.0. The molecule has 1 amide bonds. The Bertz CT molecular complexity index is 1490. The number of nitrogens with one attached hydrogen (secondary N) is 2. The Morgan fingerprint density at radius 3 is 2.69 bits per heavy atom. The van der Waals surface area contributed by atoms with Gasteiger partial charge in [-0.05, 0) is 30.3 Å². The fraction of sp³-hybridized carbons (Fsp3) is 0.182. The maximum atomic E-state index is 12.9. The molecule has 0 bridgehead atoms. The maximum Gasteiger partial charge on any atom is 0.433 e. The molecule has 4 rings (SSSR count). The second kappa shape index (κ2) is 9.33. The van der Waals surface area contributed by atoms with Gasteiger partial charge < -0.3 is 10.1 Å².